The first-order valence-electron chi connectivity index (χ1n) is 7.45. The van der Waals surface area contributed by atoms with E-state index in [1.165, 1.54) is 0 Å². The highest BCUT2D eigenvalue weighted by Gasteiger charge is 2.22. The predicted octanol–water partition coefficient (Wildman–Crippen LogP) is 0.685. The van der Waals surface area contributed by atoms with Crippen LogP contribution in [0.3, 0.4) is 0 Å². The van der Waals surface area contributed by atoms with E-state index in [-0.39, 0.29) is 5.91 Å². The van der Waals surface area contributed by atoms with Gasteiger partial charge in [-0.1, -0.05) is 6.92 Å². The Hall–Kier alpha value is -0.650. The Morgan fingerprint density at radius 3 is 3.00 bits per heavy atom. The molecule has 1 amide bonds. The molecule has 1 aliphatic heterocycles. The lowest BCUT2D eigenvalue weighted by atomic mass is 10.1. The summed E-state index contributed by atoms with van der Waals surface area (Å²) in [6.07, 6.45) is 4.46. The number of hydrogen-bond acceptors (Lipinski definition) is 4. The van der Waals surface area contributed by atoms with E-state index in [1.54, 1.807) is 4.90 Å². The van der Waals surface area contributed by atoms with Crippen molar-refractivity contribution in [3.63, 3.8) is 0 Å². The summed E-state index contributed by atoms with van der Waals surface area (Å²) in [4.78, 5) is 16.0. The molecule has 1 rings (SSSR count). The third kappa shape index (κ3) is 6.36. The lowest BCUT2D eigenvalue weighted by Crippen LogP contribution is -2.45. The van der Waals surface area contributed by atoms with Crippen molar-refractivity contribution in [3.05, 3.63) is 0 Å². The highest BCUT2D eigenvalue weighted by Crippen LogP contribution is 2.13. The summed E-state index contributed by atoms with van der Waals surface area (Å²) in [7, 11) is 1.85. The van der Waals surface area contributed by atoms with Crippen molar-refractivity contribution in [1.82, 2.24) is 9.80 Å². The highest BCUT2D eigenvalue weighted by molar-refractivity contribution is 5.77. The number of piperidine rings is 1. The van der Waals surface area contributed by atoms with Crippen LogP contribution in [-0.4, -0.2) is 68.2 Å². The minimum atomic E-state index is 0.185. The number of likely N-dealkylation sites (N-methyl/N-ethyl adjacent to an activating group) is 1. The average molecular weight is 271 g/mol. The number of likely N-dealkylation sites (tertiary alicyclic amines) is 1. The van der Waals surface area contributed by atoms with Gasteiger partial charge in [0.25, 0.3) is 0 Å². The fourth-order valence-corrected chi connectivity index (χ4v) is 2.34. The molecule has 0 spiro atoms. The van der Waals surface area contributed by atoms with E-state index in [2.05, 4.69) is 11.8 Å². The van der Waals surface area contributed by atoms with Crippen LogP contribution in [0.5, 0.6) is 0 Å². The lowest BCUT2D eigenvalue weighted by molar-refractivity contribution is -0.132. The number of nitrogens with zero attached hydrogens (tertiary/aromatic N) is 2. The van der Waals surface area contributed by atoms with E-state index in [0.717, 1.165) is 51.9 Å². The van der Waals surface area contributed by atoms with Crippen molar-refractivity contribution in [3.8, 4) is 0 Å². The number of nitrogens with two attached hydrogens (primary N) is 1. The average Bonchev–Trinajstić information content (AvgIpc) is 2.42. The minimum absolute atomic E-state index is 0.185. The quantitative estimate of drug-likeness (QED) is 0.705. The number of hydrogen-bond donors (Lipinski definition) is 1. The second-order valence-electron chi connectivity index (χ2n) is 5.33. The van der Waals surface area contributed by atoms with Gasteiger partial charge in [0.05, 0.1) is 12.6 Å². The Kier molecular flexibility index (Phi) is 8.02. The molecule has 1 heterocycles. The maximum absolute atomic E-state index is 12.0. The molecule has 5 heteroatoms. The van der Waals surface area contributed by atoms with Crippen LogP contribution in [0.15, 0.2) is 0 Å². The first-order valence-corrected chi connectivity index (χ1v) is 7.45. The smallest absolute Gasteiger partial charge is 0.236 e. The maximum atomic E-state index is 12.0. The Balaban J connectivity index is 2.28. The van der Waals surface area contributed by atoms with Gasteiger partial charge in [-0.25, -0.2) is 0 Å². The molecular formula is C14H29N3O2. The molecule has 0 saturated carbocycles. The summed E-state index contributed by atoms with van der Waals surface area (Å²) in [5, 5.41) is 0. The van der Waals surface area contributed by atoms with Gasteiger partial charge in [-0.3, -0.25) is 9.69 Å². The van der Waals surface area contributed by atoms with Gasteiger partial charge >= 0.3 is 0 Å². The van der Waals surface area contributed by atoms with E-state index in [0.29, 0.717) is 19.2 Å². The Bertz CT molecular complexity index is 261. The predicted molar refractivity (Wildman–Crippen MR) is 77.0 cm³/mol. The minimum Gasteiger partial charge on any atom is -0.377 e. The second-order valence-corrected chi connectivity index (χ2v) is 5.33. The number of rotatable bonds is 8. The Labute approximate surface area is 117 Å². The van der Waals surface area contributed by atoms with Crippen LogP contribution in [0.2, 0.25) is 0 Å². The molecule has 0 aromatic heterocycles. The molecular weight excluding hydrogens is 242 g/mol. The van der Waals surface area contributed by atoms with E-state index in [9.17, 15) is 4.79 Å². The van der Waals surface area contributed by atoms with Crippen LogP contribution in [0.1, 0.15) is 32.6 Å². The van der Waals surface area contributed by atoms with Gasteiger partial charge in [-0.2, -0.15) is 0 Å². The third-order valence-electron chi connectivity index (χ3n) is 3.50. The topological polar surface area (TPSA) is 58.8 Å². The summed E-state index contributed by atoms with van der Waals surface area (Å²) in [5.41, 5.74) is 5.46. The van der Waals surface area contributed by atoms with Gasteiger partial charge in [0.15, 0.2) is 0 Å². The van der Waals surface area contributed by atoms with Crippen LogP contribution in [0.4, 0.5) is 0 Å². The molecule has 0 aliphatic carbocycles. The molecule has 1 saturated heterocycles. The van der Waals surface area contributed by atoms with E-state index in [4.69, 9.17) is 10.5 Å². The largest absolute Gasteiger partial charge is 0.377 e. The Morgan fingerprint density at radius 2 is 2.32 bits per heavy atom. The fraction of sp³-hybridized carbons (Fsp3) is 0.929. The summed E-state index contributed by atoms with van der Waals surface area (Å²) < 4.78 is 5.79. The molecule has 0 aromatic carbocycles. The molecule has 112 valence electrons. The SMILES string of the molecule is CCCOC1CCCN(CC(=O)N(C)CCCN)C1. The zero-order chi connectivity index (χ0) is 14.1. The number of carbonyl (C=O) groups excluding carboxylic acids is 1. The number of carbonyl (C=O) groups is 1. The molecule has 19 heavy (non-hydrogen) atoms. The molecule has 1 aliphatic rings. The molecule has 0 radical (unpaired) electrons. The molecule has 0 aromatic rings. The monoisotopic (exact) mass is 271 g/mol. The summed E-state index contributed by atoms with van der Waals surface area (Å²) in [6, 6.07) is 0. The van der Waals surface area contributed by atoms with Crippen molar-refractivity contribution in [1.29, 1.82) is 0 Å². The van der Waals surface area contributed by atoms with Crippen LogP contribution in [0.25, 0.3) is 0 Å². The van der Waals surface area contributed by atoms with Crippen molar-refractivity contribution >= 4 is 5.91 Å². The standard InChI is InChI=1S/C14H29N3O2/c1-3-10-19-13-6-4-9-17(11-13)12-14(18)16(2)8-5-7-15/h13H,3-12,15H2,1-2H3. The molecule has 0 bridgehead atoms. The molecule has 2 N–H and O–H groups in total. The van der Waals surface area contributed by atoms with Gasteiger partial charge in [-0.15, -0.1) is 0 Å². The van der Waals surface area contributed by atoms with Crippen LogP contribution in [-0.2, 0) is 9.53 Å². The van der Waals surface area contributed by atoms with Crippen molar-refractivity contribution in [2.75, 3.05) is 46.4 Å². The van der Waals surface area contributed by atoms with E-state index in [1.807, 2.05) is 7.05 Å². The number of ether oxygens (including phenoxy) is 1. The van der Waals surface area contributed by atoms with Gasteiger partial charge in [0.2, 0.25) is 5.91 Å². The van der Waals surface area contributed by atoms with Gasteiger partial charge < -0.3 is 15.4 Å². The molecule has 1 fully saturated rings. The van der Waals surface area contributed by atoms with Crippen LogP contribution in [0, 0.1) is 0 Å². The third-order valence-corrected chi connectivity index (χ3v) is 3.50. The van der Waals surface area contributed by atoms with Gasteiger partial charge in [0.1, 0.15) is 0 Å². The van der Waals surface area contributed by atoms with E-state index < -0.39 is 0 Å². The van der Waals surface area contributed by atoms with Gasteiger partial charge in [0, 0.05) is 26.7 Å². The normalized spacial score (nSPS) is 20.5. The summed E-state index contributed by atoms with van der Waals surface area (Å²) in [6.45, 7) is 6.72. The molecule has 1 atom stereocenters. The zero-order valence-corrected chi connectivity index (χ0v) is 12.4. The summed E-state index contributed by atoms with van der Waals surface area (Å²) in [5.74, 6) is 0.185. The van der Waals surface area contributed by atoms with Crippen LogP contribution < -0.4 is 5.73 Å². The maximum Gasteiger partial charge on any atom is 0.236 e. The Morgan fingerprint density at radius 1 is 1.53 bits per heavy atom. The van der Waals surface area contributed by atoms with Crippen LogP contribution >= 0.6 is 0 Å². The van der Waals surface area contributed by atoms with Gasteiger partial charge in [-0.05, 0) is 38.8 Å². The van der Waals surface area contributed by atoms with Crippen molar-refractivity contribution < 1.29 is 9.53 Å². The zero-order valence-electron chi connectivity index (χ0n) is 12.4. The van der Waals surface area contributed by atoms with Crippen molar-refractivity contribution in [2.45, 2.75) is 38.7 Å². The number of amides is 1. The van der Waals surface area contributed by atoms with E-state index >= 15 is 0 Å². The second kappa shape index (κ2) is 9.28. The molecule has 1 unspecified atom stereocenters. The fourth-order valence-electron chi connectivity index (χ4n) is 2.34. The molecule has 5 nitrogen and oxygen atoms in total. The first kappa shape index (κ1) is 16.4. The highest BCUT2D eigenvalue weighted by atomic mass is 16.5. The lowest BCUT2D eigenvalue weighted by Gasteiger charge is -2.33. The summed E-state index contributed by atoms with van der Waals surface area (Å²) >= 11 is 0. The first-order chi connectivity index (χ1) is 9.17. The van der Waals surface area contributed by atoms with Crippen molar-refractivity contribution in [2.24, 2.45) is 5.73 Å².